The molecule has 0 saturated carbocycles. The molecule has 0 bridgehead atoms. The molecular formula is C14H22N4S. The maximum Gasteiger partial charge on any atom is 0.0897 e. The zero-order valence-corrected chi connectivity index (χ0v) is 12.7. The van der Waals surface area contributed by atoms with Gasteiger partial charge >= 0.3 is 0 Å². The Kier molecular flexibility index (Phi) is 5.10. The molecule has 0 aliphatic heterocycles. The Labute approximate surface area is 118 Å². The molecule has 1 unspecified atom stereocenters. The van der Waals surface area contributed by atoms with Crippen LogP contribution in [0.25, 0.3) is 0 Å². The maximum absolute atomic E-state index is 4.56. The topological polar surface area (TPSA) is 42.7 Å². The summed E-state index contributed by atoms with van der Waals surface area (Å²) >= 11 is 1.72. The predicted molar refractivity (Wildman–Crippen MR) is 79.5 cm³/mol. The molecule has 2 aromatic rings. The monoisotopic (exact) mass is 278 g/mol. The highest BCUT2D eigenvalue weighted by Gasteiger charge is 2.13. The van der Waals surface area contributed by atoms with Crippen molar-refractivity contribution in [3.63, 3.8) is 0 Å². The summed E-state index contributed by atoms with van der Waals surface area (Å²) in [6, 6.07) is 2.50. The van der Waals surface area contributed by atoms with E-state index in [0.717, 1.165) is 36.5 Å². The minimum absolute atomic E-state index is 0.413. The van der Waals surface area contributed by atoms with Crippen LogP contribution in [0.5, 0.6) is 0 Å². The third kappa shape index (κ3) is 4.44. The first-order chi connectivity index (χ1) is 9.17. The fraction of sp³-hybridized carbons (Fsp3) is 0.571. The SMILES string of the molecule is CCCNC(Cc1csc(C)n1)Cc1ccn(C)n1. The summed E-state index contributed by atoms with van der Waals surface area (Å²) in [5.41, 5.74) is 2.33. The second kappa shape index (κ2) is 6.82. The molecule has 0 aliphatic rings. The van der Waals surface area contributed by atoms with Gasteiger partial charge in [-0.05, 0) is 26.0 Å². The van der Waals surface area contributed by atoms with E-state index in [4.69, 9.17) is 0 Å². The number of aromatic nitrogens is 3. The molecule has 2 aromatic heterocycles. The Morgan fingerprint density at radius 3 is 2.74 bits per heavy atom. The Balaban J connectivity index is 1.98. The average molecular weight is 278 g/mol. The first-order valence-corrected chi connectivity index (χ1v) is 7.68. The van der Waals surface area contributed by atoms with Crippen molar-refractivity contribution in [3.8, 4) is 0 Å². The van der Waals surface area contributed by atoms with Crippen LogP contribution in [-0.4, -0.2) is 27.4 Å². The van der Waals surface area contributed by atoms with Gasteiger partial charge in [-0.3, -0.25) is 4.68 Å². The van der Waals surface area contributed by atoms with Crippen molar-refractivity contribution < 1.29 is 0 Å². The molecule has 19 heavy (non-hydrogen) atoms. The lowest BCUT2D eigenvalue weighted by atomic mass is 10.1. The van der Waals surface area contributed by atoms with Crippen molar-refractivity contribution in [2.75, 3.05) is 6.54 Å². The van der Waals surface area contributed by atoms with Crippen molar-refractivity contribution in [1.29, 1.82) is 0 Å². The second-order valence-corrected chi connectivity index (χ2v) is 5.96. The van der Waals surface area contributed by atoms with E-state index >= 15 is 0 Å². The molecule has 1 atom stereocenters. The molecule has 0 spiro atoms. The van der Waals surface area contributed by atoms with Gasteiger partial charge in [0.25, 0.3) is 0 Å². The molecule has 2 heterocycles. The van der Waals surface area contributed by atoms with Crippen LogP contribution in [0.4, 0.5) is 0 Å². The normalized spacial score (nSPS) is 12.8. The first-order valence-electron chi connectivity index (χ1n) is 6.80. The Morgan fingerprint density at radius 1 is 1.37 bits per heavy atom. The summed E-state index contributed by atoms with van der Waals surface area (Å²) in [5.74, 6) is 0. The zero-order valence-electron chi connectivity index (χ0n) is 11.9. The van der Waals surface area contributed by atoms with Gasteiger partial charge in [-0.1, -0.05) is 6.92 Å². The number of thiazole rings is 1. The average Bonchev–Trinajstić information content (AvgIpc) is 2.95. The first kappa shape index (κ1) is 14.2. The van der Waals surface area contributed by atoms with E-state index in [1.165, 1.54) is 5.69 Å². The molecule has 0 amide bonds. The summed E-state index contributed by atoms with van der Waals surface area (Å²) in [4.78, 5) is 4.56. The molecular weight excluding hydrogens is 256 g/mol. The van der Waals surface area contributed by atoms with E-state index in [1.807, 2.05) is 17.9 Å². The molecule has 0 saturated heterocycles. The van der Waals surface area contributed by atoms with Crippen LogP contribution in [-0.2, 0) is 19.9 Å². The van der Waals surface area contributed by atoms with Gasteiger partial charge in [0.15, 0.2) is 0 Å². The highest BCUT2D eigenvalue weighted by molar-refractivity contribution is 7.09. The number of hydrogen-bond donors (Lipinski definition) is 1. The third-order valence-corrected chi connectivity index (χ3v) is 3.85. The van der Waals surface area contributed by atoms with Gasteiger partial charge in [-0.2, -0.15) is 5.10 Å². The fourth-order valence-corrected chi connectivity index (χ4v) is 2.77. The molecule has 104 valence electrons. The van der Waals surface area contributed by atoms with E-state index in [1.54, 1.807) is 11.3 Å². The molecule has 0 aliphatic carbocycles. The lowest BCUT2D eigenvalue weighted by molar-refractivity contribution is 0.494. The standard InChI is InChI=1S/C14H22N4S/c1-4-6-15-13(8-12-5-7-18(3)17-12)9-14-10-19-11(2)16-14/h5,7,10,13,15H,4,6,8-9H2,1-3H3. The van der Waals surface area contributed by atoms with E-state index in [2.05, 4.69) is 40.7 Å². The fourth-order valence-electron chi connectivity index (χ4n) is 2.14. The predicted octanol–water partition coefficient (Wildman–Crippen LogP) is 2.34. The van der Waals surface area contributed by atoms with Crippen molar-refractivity contribution >= 4 is 11.3 Å². The van der Waals surface area contributed by atoms with Crippen LogP contribution in [0.15, 0.2) is 17.6 Å². The Bertz CT molecular complexity index is 461. The lowest BCUT2D eigenvalue weighted by Crippen LogP contribution is -2.34. The van der Waals surface area contributed by atoms with Gasteiger partial charge < -0.3 is 5.32 Å². The van der Waals surface area contributed by atoms with Crippen LogP contribution < -0.4 is 5.32 Å². The summed E-state index contributed by atoms with van der Waals surface area (Å²) in [5, 5.41) is 11.4. The van der Waals surface area contributed by atoms with E-state index in [-0.39, 0.29) is 0 Å². The van der Waals surface area contributed by atoms with E-state index < -0.39 is 0 Å². The summed E-state index contributed by atoms with van der Waals surface area (Å²) < 4.78 is 1.86. The molecule has 0 radical (unpaired) electrons. The van der Waals surface area contributed by atoms with Gasteiger partial charge in [0.2, 0.25) is 0 Å². The van der Waals surface area contributed by atoms with Crippen LogP contribution in [0, 0.1) is 6.92 Å². The molecule has 2 rings (SSSR count). The quantitative estimate of drug-likeness (QED) is 0.845. The van der Waals surface area contributed by atoms with E-state index in [0.29, 0.717) is 6.04 Å². The van der Waals surface area contributed by atoms with Gasteiger partial charge in [0.05, 0.1) is 16.4 Å². The van der Waals surface area contributed by atoms with Crippen molar-refractivity contribution in [1.82, 2.24) is 20.1 Å². The molecule has 4 nitrogen and oxygen atoms in total. The van der Waals surface area contributed by atoms with Gasteiger partial charge in [0, 0.05) is 37.5 Å². The molecule has 0 aromatic carbocycles. The summed E-state index contributed by atoms with van der Waals surface area (Å²) in [6.07, 6.45) is 5.08. The number of rotatable bonds is 7. The van der Waals surface area contributed by atoms with Crippen LogP contribution in [0.2, 0.25) is 0 Å². The number of aryl methyl sites for hydroxylation is 2. The van der Waals surface area contributed by atoms with E-state index in [9.17, 15) is 0 Å². The lowest BCUT2D eigenvalue weighted by Gasteiger charge is -2.16. The van der Waals surface area contributed by atoms with Crippen molar-refractivity contribution in [2.24, 2.45) is 7.05 Å². The third-order valence-electron chi connectivity index (χ3n) is 3.03. The molecule has 0 fully saturated rings. The second-order valence-electron chi connectivity index (χ2n) is 4.90. The van der Waals surface area contributed by atoms with Gasteiger partial charge in [0.1, 0.15) is 0 Å². The summed E-state index contributed by atoms with van der Waals surface area (Å²) in [7, 11) is 1.96. The number of nitrogens with zero attached hydrogens (tertiary/aromatic N) is 3. The zero-order chi connectivity index (χ0) is 13.7. The van der Waals surface area contributed by atoms with Crippen LogP contribution >= 0.6 is 11.3 Å². The van der Waals surface area contributed by atoms with Crippen molar-refractivity contribution in [3.05, 3.63) is 34.0 Å². The van der Waals surface area contributed by atoms with Crippen molar-refractivity contribution in [2.45, 2.75) is 39.2 Å². The maximum atomic E-state index is 4.56. The minimum atomic E-state index is 0.413. The highest BCUT2D eigenvalue weighted by atomic mass is 32.1. The highest BCUT2D eigenvalue weighted by Crippen LogP contribution is 2.12. The van der Waals surface area contributed by atoms with Gasteiger partial charge in [-0.25, -0.2) is 4.98 Å². The number of hydrogen-bond acceptors (Lipinski definition) is 4. The molecule has 1 N–H and O–H groups in total. The van der Waals surface area contributed by atoms with Gasteiger partial charge in [-0.15, -0.1) is 11.3 Å². The smallest absolute Gasteiger partial charge is 0.0897 e. The minimum Gasteiger partial charge on any atom is -0.313 e. The number of nitrogens with one attached hydrogen (secondary N) is 1. The van der Waals surface area contributed by atoms with Crippen LogP contribution in [0.3, 0.4) is 0 Å². The Hall–Kier alpha value is -1.20. The van der Waals surface area contributed by atoms with Crippen LogP contribution in [0.1, 0.15) is 29.7 Å². The summed E-state index contributed by atoms with van der Waals surface area (Å²) in [6.45, 7) is 5.29. The largest absolute Gasteiger partial charge is 0.313 e. The Morgan fingerprint density at radius 2 is 2.16 bits per heavy atom. The molecule has 5 heteroatoms.